The molecule has 32 heavy (non-hydrogen) atoms. The smallest absolute Gasteiger partial charge is 0.272 e. The first kappa shape index (κ1) is 21.8. The number of nitrogens with zero attached hydrogens (tertiary/aromatic N) is 2. The van der Waals surface area contributed by atoms with Gasteiger partial charge in [-0.1, -0.05) is 42.5 Å². The lowest BCUT2D eigenvalue weighted by molar-refractivity contribution is 0.0955. The van der Waals surface area contributed by atoms with Crippen molar-refractivity contribution >= 4 is 45.5 Å². The molecule has 1 aromatic heterocycles. The molecule has 7 heteroatoms. The van der Waals surface area contributed by atoms with E-state index in [1.165, 1.54) is 11.6 Å². The van der Waals surface area contributed by atoms with Crippen LogP contribution in [0.3, 0.4) is 0 Å². The van der Waals surface area contributed by atoms with Gasteiger partial charge in [0, 0.05) is 12.4 Å². The van der Waals surface area contributed by atoms with Gasteiger partial charge in [0.2, 0.25) is 0 Å². The molecular weight excluding hydrogens is 517 g/mol. The van der Waals surface area contributed by atoms with E-state index in [-0.39, 0.29) is 5.91 Å². The average Bonchev–Trinajstić information content (AvgIpc) is 2.83. The third kappa shape index (κ3) is 5.05. The molecule has 4 rings (SSSR count). The fraction of sp³-hybridized carbons (Fsp3) is 0.0800. The van der Waals surface area contributed by atoms with Crippen molar-refractivity contribution in [2.75, 3.05) is 7.11 Å². The number of hydrazone groups is 1. The fourth-order valence-corrected chi connectivity index (χ4v) is 4.03. The zero-order chi connectivity index (χ0) is 22.3. The third-order valence-corrected chi connectivity index (χ3v) is 5.61. The lowest BCUT2D eigenvalue weighted by Crippen LogP contribution is -2.17. The van der Waals surface area contributed by atoms with Crippen LogP contribution in [0.5, 0.6) is 11.5 Å². The number of ether oxygens (including phenoxy) is 2. The van der Waals surface area contributed by atoms with Gasteiger partial charge in [-0.15, -0.1) is 0 Å². The van der Waals surface area contributed by atoms with Gasteiger partial charge in [-0.25, -0.2) is 5.43 Å². The van der Waals surface area contributed by atoms with Crippen molar-refractivity contribution in [3.8, 4) is 11.5 Å². The Morgan fingerprint density at radius 3 is 2.78 bits per heavy atom. The fourth-order valence-electron chi connectivity index (χ4n) is 3.25. The number of fused-ring (bicyclic) bond motifs is 1. The predicted molar refractivity (Wildman–Crippen MR) is 133 cm³/mol. The number of benzene rings is 3. The van der Waals surface area contributed by atoms with Gasteiger partial charge >= 0.3 is 0 Å². The normalized spacial score (nSPS) is 10.9. The lowest BCUT2D eigenvalue weighted by atomic mass is 10.1. The number of aromatic nitrogens is 1. The maximum absolute atomic E-state index is 12.1. The molecule has 6 nitrogen and oxygen atoms in total. The maximum Gasteiger partial charge on any atom is 0.272 e. The zero-order valence-corrected chi connectivity index (χ0v) is 19.4. The van der Waals surface area contributed by atoms with Gasteiger partial charge in [-0.3, -0.25) is 9.78 Å². The van der Waals surface area contributed by atoms with Crippen LogP contribution in [0.4, 0.5) is 0 Å². The number of pyridine rings is 1. The van der Waals surface area contributed by atoms with Crippen LogP contribution in [0.1, 0.15) is 21.5 Å². The van der Waals surface area contributed by atoms with E-state index in [2.05, 4.69) is 62.4 Å². The first-order valence-electron chi connectivity index (χ1n) is 9.86. The molecule has 0 spiro atoms. The second-order valence-electron chi connectivity index (χ2n) is 6.90. The standard InChI is InChI=1S/C25H20IN3O3/c1-31-23-13-17(14-28-29-25(30)19-9-5-11-27-15-19)12-22(26)24(23)32-16-20-8-4-7-18-6-2-3-10-21(18)20/h2-15H,16H2,1H3,(H,29,30)/b28-14-. The van der Waals surface area contributed by atoms with E-state index in [0.717, 1.165) is 20.1 Å². The molecule has 0 unspecified atom stereocenters. The monoisotopic (exact) mass is 537 g/mol. The van der Waals surface area contributed by atoms with Gasteiger partial charge in [0.05, 0.1) is 22.5 Å². The maximum atomic E-state index is 12.1. The van der Waals surface area contributed by atoms with Crippen LogP contribution >= 0.6 is 22.6 Å². The summed E-state index contributed by atoms with van der Waals surface area (Å²) in [5.41, 5.74) is 4.81. The molecule has 0 aliphatic carbocycles. The number of carbonyl (C=O) groups is 1. The van der Waals surface area contributed by atoms with Crippen molar-refractivity contribution in [3.05, 3.63) is 99.4 Å². The number of hydrogen-bond donors (Lipinski definition) is 1. The van der Waals surface area contributed by atoms with Crippen molar-refractivity contribution < 1.29 is 14.3 Å². The minimum Gasteiger partial charge on any atom is -0.493 e. The van der Waals surface area contributed by atoms with E-state index in [0.29, 0.717) is 23.7 Å². The summed E-state index contributed by atoms with van der Waals surface area (Å²) >= 11 is 2.21. The van der Waals surface area contributed by atoms with Crippen LogP contribution < -0.4 is 14.9 Å². The van der Waals surface area contributed by atoms with Crippen LogP contribution in [0.25, 0.3) is 10.8 Å². The molecule has 0 saturated heterocycles. The molecule has 0 bridgehead atoms. The van der Waals surface area contributed by atoms with Gasteiger partial charge in [0.1, 0.15) is 6.61 Å². The molecule has 0 aliphatic heterocycles. The summed E-state index contributed by atoms with van der Waals surface area (Å²) < 4.78 is 12.6. The Morgan fingerprint density at radius 1 is 1.12 bits per heavy atom. The van der Waals surface area contributed by atoms with Crippen LogP contribution in [-0.2, 0) is 6.61 Å². The second kappa shape index (κ2) is 10.2. The Balaban J connectivity index is 1.49. The highest BCUT2D eigenvalue weighted by atomic mass is 127. The topological polar surface area (TPSA) is 72.8 Å². The van der Waals surface area contributed by atoms with Crippen LogP contribution in [-0.4, -0.2) is 24.2 Å². The van der Waals surface area contributed by atoms with Gasteiger partial charge in [-0.05, 0) is 68.8 Å². The number of rotatable bonds is 7. The number of amides is 1. The highest BCUT2D eigenvalue weighted by Crippen LogP contribution is 2.34. The Morgan fingerprint density at radius 2 is 1.97 bits per heavy atom. The molecule has 0 saturated carbocycles. The average molecular weight is 537 g/mol. The summed E-state index contributed by atoms with van der Waals surface area (Å²) in [4.78, 5) is 16.0. The minimum absolute atomic E-state index is 0.328. The highest BCUT2D eigenvalue weighted by Gasteiger charge is 2.12. The second-order valence-corrected chi connectivity index (χ2v) is 8.06. The largest absolute Gasteiger partial charge is 0.493 e. The first-order valence-corrected chi connectivity index (χ1v) is 10.9. The zero-order valence-electron chi connectivity index (χ0n) is 17.3. The van der Waals surface area contributed by atoms with Gasteiger partial charge < -0.3 is 9.47 Å². The number of carbonyl (C=O) groups excluding carboxylic acids is 1. The quantitative estimate of drug-likeness (QED) is 0.200. The minimum atomic E-state index is -0.328. The molecule has 160 valence electrons. The predicted octanol–water partition coefficient (Wildman–Crippen LogP) is 5.19. The van der Waals surface area contributed by atoms with E-state index in [9.17, 15) is 4.79 Å². The summed E-state index contributed by atoms with van der Waals surface area (Å²) in [6.07, 6.45) is 4.66. The van der Waals surface area contributed by atoms with Crippen molar-refractivity contribution in [1.82, 2.24) is 10.4 Å². The molecule has 0 radical (unpaired) electrons. The highest BCUT2D eigenvalue weighted by molar-refractivity contribution is 14.1. The molecule has 0 aliphatic rings. The molecule has 3 aromatic carbocycles. The van der Waals surface area contributed by atoms with Crippen molar-refractivity contribution in [1.29, 1.82) is 0 Å². The number of halogens is 1. The number of hydrogen-bond acceptors (Lipinski definition) is 5. The third-order valence-electron chi connectivity index (χ3n) is 4.81. The van der Waals surface area contributed by atoms with E-state index < -0.39 is 0 Å². The molecule has 0 atom stereocenters. The Kier molecular flexibility index (Phi) is 6.96. The van der Waals surface area contributed by atoms with Gasteiger partial charge in [0.25, 0.3) is 5.91 Å². The molecule has 1 amide bonds. The van der Waals surface area contributed by atoms with Crippen molar-refractivity contribution in [3.63, 3.8) is 0 Å². The number of nitrogens with one attached hydrogen (secondary N) is 1. The van der Waals surface area contributed by atoms with E-state index in [1.807, 2.05) is 30.3 Å². The summed E-state index contributed by atoms with van der Waals surface area (Å²) in [7, 11) is 1.60. The summed E-state index contributed by atoms with van der Waals surface area (Å²) in [6.45, 7) is 0.419. The van der Waals surface area contributed by atoms with E-state index in [4.69, 9.17) is 9.47 Å². The summed E-state index contributed by atoms with van der Waals surface area (Å²) in [6, 6.07) is 21.5. The van der Waals surface area contributed by atoms with E-state index >= 15 is 0 Å². The van der Waals surface area contributed by atoms with Crippen LogP contribution in [0, 0.1) is 3.57 Å². The van der Waals surface area contributed by atoms with Crippen LogP contribution in [0.15, 0.2) is 84.2 Å². The Hall–Kier alpha value is -3.46. The van der Waals surface area contributed by atoms with Crippen molar-refractivity contribution in [2.24, 2.45) is 5.10 Å². The van der Waals surface area contributed by atoms with Gasteiger partial charge in [-0.2, -0.15) is 5.10 Å². The number of methoxy groups -OCH3 is 1. The Labute approximate surface area is 199 Å². The molecule has 1 N–H and O–H groups in total. The lowest BCUT2D eigenvalue weighted by Gasteiger charge is -2.14. The SMILES string of the molecule is COc1cc(/C=N\NC(=O)c2cccnc2)cc(I)c1OCc1cccc2ccccc12. The molecular formula is C25H20IN3O3. The summed E-state index contributed by atoms with van der Waals surface area (Å²) in [5, 5.41) is 6.38. The molecule has 1 heterocycles. The van der Waals surface area contributed by atoms with E-state index in [1.54, 1.807) is 31.7 Å². The first-order chi connectivity index (χ1) is 15.7. The van der Waals surface area contributed by atoms with Crippen LogP contribution in [0.2, 0.25) is 0 Å². The Bertz CT molecular complexity index is 1270. The van der Waals surface area contributed by atoms with Gasteiger partial charge in [0.15, 0.2) is 11.5 Å². The van der Waals surface area contributed by atoms with Crippen molar-refractivity contribution in [2.45, 2.75) is 6.61 Å². The summed E-state index contributed by atoms with van der Waals surface area (Å²) in [5.74, 6) is 0.931. The molecule has 4 aromatic rings. The molecule has 0 fully saturated rings.